The lowest BCUT2D eigenvalue weighted by molar-refractivity contribution is -0.133. The second-order valence-corrected chi connectivity index (χ2v) is 11.0. The van der Waals surface area contributed by atoms with Crippen LogP contribution in [-0.2, 0) is 21.2 Å². The smallest absolute Gasteiger partial charge is 0.241 e. The molecule has 8 heteroatoms. The van der Waals surface area contributed by atoms with Gasteiger partial charge in [0.1, 0.15) is 11.9 Å². The van der Waals surface area contributed by atoms with E-state index in [1.165, 1.54) is 12.1 Å². The van der Waals surface area contributed by atoms with E-state index in [0.717, 1.165) is 16.8 Å². The van der Waals surface area contributed by atoms with Crippen LogP contribution in [0, 0.1) is 26.6 Å². The number of nitrogens with one attached hydrogen (secondary N) is 1. The fraction of sp³-hybridized carbons (Fsp3) is 0.321. The molecule has 1 fully saturated rings. The summed E-state index contributed by atoms with van der Waals surface area (Å²) in [6.45, 7) is 7.54. The van der Waals surface area contributed by atoms with Crippen molar-refractivity contribution in [2.24, 2.45) is 0 Å². The Labute approximate surface area is 212 Å². The molecule has 0 spiro atoms. The molecule has 1 heterocycles. The average Bonchev–Trinajstić information content (AvgIpc) is 2.83. The summed E-state index contributed by atoms with van der Waals surface area (Å²) in [7, 11) is -3.94. The highest BCUT2D eigenvalue weighted by Gasteiger charge is 2.32. The zero-order valence-corrected chi connectivity index (χ0v) is 21.7. The molecule has 1 atom stereocenters. The van der Waals surface area contributed by atoms with Crippen LogP contribution in [-0.4, -0.2) is 51.4 Å². The molecule has 36 heavy (non-hydrogen) atoms. The van der Waals surface area contributed by atoms with Crippen LogP contribution in [0.1, 0.15) is 22.3 Å². The van der Waals surface area contributed by atoms with Crippen LogP contribution in [0.3, 0.4) is 0 Å². The number of benzene rings is 3. The molecule has 0 bridgehead atoms. The summed E-state index contributed by atoms with van der Waals surface area (Å²) in [6, 6.07) is 18.5. The quantitative estimate of drug-likeness (QED) is 0.523. The zero-order valence-electron chi connectivity index (χ0n) is 20.9. The number of piperazine rings is 1. The zero-order chi connectivity index (χ0) is 25.9. The summed E-state index contributed by atoms with van der Waals surface area (Å²) in [5, 5.41) is 0. The number of hydrogen-bond acceptors (Lipinski definition) is 4. The monoisotopic (exact) mass is 509 g/mol. The van der Waals surface area contributed by atoms with E-state index in [2.05, 4.69) is 9.62 Å². The van der Waals surface area contributed by atoms with Crippen LogP contribution < -0.4 is 9.62 Å². The Kier molecular flexibility index (Phi) is 7.76. The predicted octanol–water partition coefficient (Wildman–Crippen LogP) is 3.99. The van der Waals surface area contributed by atoms with Crippen molar-refractivity contribution in [1.29, 1.82) is 0 Å². The van der Waals surface area contributed by atoms with Crippen LogP contribution in [0.4, 0.5) is 10.1 Å². The lowest BCUT2D eigenvalue weighted by Gasteiger charge is -2.37. The molecule has 0 radical (unpaired) electrons. The first-order chi connectivity index (χ1) is 17.1. The van der Waals surface area contributed by atoms with E-state index in [0.29, 0.717) is 37.3 Å². The fourth-order valence-corrected chi connectivity index (χ4v) is 6.57. The standard InChI is InChI=1S/C28H32FN3O3S/c1-20-17-21(2)27(22(3)18-20)36(34,35)30-26(19-23-7-5-4-6-8-23)28(33)32-15-13-31(14-16-32)25-11-9-24(29)10-12-25/h4-12,17-18,26,30H,13-16,19H2,1-3H3/t26-/m1/s1. The summed E-state index contributed by atoms with van der Waals surface area (Å²) in [5.74, 6) is -0.536. The Morgan fingerprint density at radius 3 is 2.08 bits per heavy atom. The van der Waals surface area contributed by atoms with E-state index in [1.807, 2.05) is 49.4 Å². The van der Waals surface area contributed by atoms with E-state index in [9.17, 15) is 17.6 Å². The minimum atomic E-state index is -3.94. The molecule has 1 amide bonds. The summed E-state index contributed by atoms with van der Waals surface area (Å²) >= 11 is 0. The predicted molar refractivity (Wildman–Crippen MR) is 140 cm³/mol. The molecular weight excluding hydrogens is 477 g/mol. The molecule has 3 aromatic carbocycles. The van der Waals surface area contributed by atoms with E-state index < -0.39 is 16.1 Å². The van der Waals surface area contributed by atoms with Crippen LogP contribution in [0.25, 0.3) is 0 Å². The van der Waals surface area contributed by atoms with Crippen molar-refractivity contribution in [3.05, 3.63) is 94.8 Å². The molecular formula is C28H32FN3O3S. The van der Waals surface area contributed by atoms with Crippen LogP contribution >= 0.6 is 0 Å². The topological polar surface area (TPSA) is 69.7 Å². The number of aryl methyl sites for hydroxylation is 3. The normalized spacial score (nSPS) is 15.1. The van der Waals surface area contributed by atoms with E-state index >= 15 is 0 Å². The number of hydrogen-bond donors (Lipinski definition) is 1. The van der Waals surface area contributed by atoms with E-state index in [-0.39, 0.29) is 23.0 Å². The molecule has 0 aliphatic carbocycles. The van der Waals surface area contributed by atoms with E-state index in [4.69, 9.17) is 0 Å². The Morgan fingerprint density at radius 1 is 0.917 bits per heavy atom. The number of nitrogens with zero attached hydrogens (tertiary/aromatic N) is 2. The maximum atomic E-state index is 13.7. The first-order valence-corrected chi connectivity index (χ1v) is 13.6. The number of anilines is 1. The van der Waals surface area contributed by atoms with Gasteiger partial charge in [0.05, 0.1) is 4.90 Å². The van der Waals surface area contributed by atoms with Gasteiger partial charge in [0.15, 0.2) is 0 Å². The van der Waals surface area contributed by atoms with Gasteiger partial charge in [0.2, 0.25) is 15.9 Å². The molecule has 0 saturated carbocycles. The maximum Gasteiger partial charge on any atom is 0.241 e. The number of sulfonamides is 1. The number of rotatable bonds is 7. The van der Waals surface area contributed by atoms with Gasteiger partial charge >= 0.3 is 0 Å². The highest BCUT2D eigenvalue weighted by atomic mass is 32.2. The molecule has 1 aliphatic heterocycles. The van der Waals surface area contributed by atoms with Crippen molar-refractivity contribution in [3.8, 4) is 0 Å². The molecule has 4 rings (SSSR count). The fourth-order valence-electron chi connectivity index (χ4n) is 4.92. The molecule has 190 valence electrons. The second kappa shape index (κ2) is 10.8. The summed E-state index contributed by atoms with van der Waals surface area (Å²) in [5.41, 5.74) is 4.06. The number of carbonyl (C=O) groups excluding carboxylic acids is 1. The van der Waals surface area contributed by atoms with Gasteiger partial charge in [0.25, 0.3) is 0 Å². The molecule has 3 aromatic rings. The van der Waals surface area contributed by atoms with Gasteiger partial charge in [-0.25, -0.2) is 12.8 Å². The lowest BCUT2D eigenvalue weighted by atomic mass is 10.1. The van der Waals surface area contributed by atoms with Gasteiger partial charge in [-0.15, -0.1) is 0 Å². The number of carbonyl (C=O) groups is 1. The highest BCUT2D eigenvalue weighted by molar-refractivity contribution is 7.89. The minimum absolute atomic E-state index is 0.222. The van der Waals surface area contributed by atoms with Gasteiger partial charge < -0.3 is 9.80 Å². The third kappa shape index (κ3) is 5.94. The Bertz CT molecular complexity index is 1300. The Hall–Kier alpha value is -3.23. The average molecular weight is 510 g/mol. The van der Waals surface area contributed by atoms with Crippen molar-refractivity contribution in [2.75, 3.05) is 31.1 Å². The Balaban J connectivity index is 1.55. The SMILES string of the molecule is Cc1cc(C)c(S(=O)(=O)N[C@H](Cc2ccccc2)C(=O)N2CCN(c3ccc(F)cc3)CC2)c(C)c1. The minimum Gasteiger partial charge on any atom is -0.368 e. The highest BCUT2D eigenvalue weighted by Crippen LogP contribution is 2.23. The number of amides is 1. The summed E-state index contributed by atoms with van der Waals surface area (Å²) in [6.07, 6.45) is 0.251. The summed E-state index contributed by atoms with van der Waals surface area (Å²) < 4.78 is 43.1. The number of halogens is 1. The largest absolute Gasteiger partial charge is 0.368 e. The Morgan fingerprint density at radius 2 is 1.50 bits per heavy atom. The van der Waals surface area contributed by atoms with Crippen molar-refractivity contribution >= 4 is 21.6 Å². The molecule has 1 aliphatic rings. The summed E-state index contributed by atoms with van der Waals surface area (Å²) in [4.78, 5) is 17.7. The van der Waals surface area contributed by atoms with Gasteiger partial charge in [-0.2, -0.15) is 4.72 Å². The second-order valence-electron chi connectivity index (χ2n) is 9.38. The van der Waals surface area contributed by atoms with Crippen molar-refractivity contribution in [2.45, 2.75) is 38.1 Å². The third-order valence-corrected chi connectivity index (χ3v) is 8.31. The van der Waals surface area contributed by atoms with Crippen molar-refractivity contribution in [3.63, 3.8) is 0 Å². The van der Waals surface area contributed by atoms with E-state index in [1.54, 1.807) is 30.9 Å². The first-order valence-electron chi connectivity index (χ1n) is 12.1. The molecule has 1 saturated heterocycles. The van der Waals surface area contributed by atoms with Crippen LogP contribution in [0.5, 0.6) is 0 Å². The first kappa shape index (κ1) is 25.9. The van der Waals surface area contributed by atoms with Crippen molar-refractivity contribution in [1.82, 2.24) is 9.62 Å². The molecule has 0 aromatic heterocycles. The van der Waals surface area contributed by atoms with Crippen LogP contribution in [0.2, 0.25) is 0 Å². The maximum absolute atomic E-state index is 13.7. The molecule has 1 N–H and O–H groups in total. The van der Waals surface area contributed by atoms with Gasteiger partial charge in [-0.1, -0.05) is 48.0 Å². The van der Waals surface area contributed by atoms with Crippen LogP contribution in [0.15, 0.2) is 71.6 Å². The molecule has 6 nitrogen and oxygen atoms in total. The van der Waals surface area contributed by atoms with Gasteiger partial charge in [-0.3, -0.25) is 4.79 Å². The van der Waals surface area contributed by atoms with Crippen molar-refractivity contribution < 1.29 is 17.6 Å². The van der Waals surface area contributed by atoms with Gasteiger partial charge in [0, 0.05) is 31.9 Å². The molecule has 0 unspecified atom stereocenters. The van der Waals surface area contributed by atoms with Gasteiger partial charge in [-0.05, 0) is 68.1 Å². The third-order valence-electron chi connectivity index (χ3n) is 6.53. The lowest BCUT2D eigenvalue weighted by Crippen LogP contribution is -2.55.